The molecule has 0 spiro atoms. The summed E-state index contributed by atoms with van der Waals surface area (Å²) >= 11 is 0. The van der Waals surface area contributed by atoms with Gasteiger partial charge in [0.15, 0.2) is 0 Å². The highest BCUT2D eigenvalue weighted by molar-refractivity contribution is 7.90. The Kier molecular flexibility index (Phi) is 4.10. The molecule has 6 nitrogen and oxygen atoms in total. The number of hydrogen-bond donors (Lipinski definition) is 3. The third-order valence-electron chi connectivity index (χ3n) is 2.28. The van der Waals surface area contributed by atoms with Crippen LogP contribution in [0.3, 0.4) is 0 Å². The molecule has 0 aliphatic rings. The van der Waals surface area contributed by atoms with Crippen LogP contribution in [-0.2, 0) is 21.3 Å². The molecule has 1 atom stereocenters. The molecule has 1 rings (SSSR count). The van der Waals surface area contributed by atoms with Crippen LogP contribution >= 0.6 is 0 Å². The number of primary amides is 1. The van der Waals surface area contributed by atoms with Gasteiger partial charge in [-0.2, -0.15) is 0 Å². The van der Waals surface area contributed by atoms with Crippen molar-refractivity contribution in [3.05, 3.63) is 35.4 Å². The van der Waals surface area contributed by atoms with Crippen LogP contribution in [0.15, 0.2) is 28.6 Å². The standard InChI is InChI=1S/C11H17N3O3S/c1-11(2,16)9-5-3-8(4-6-9)7-18(13,17)14-10(12)15/h3-6,16H,7H2,1-2H3,(H4,12,13,14,15,17). The van der Waals surface area contributed by atoms with Crippen LogP contribution in [-0.4, -0.2) is 15.3 Å². The molecule has 1 aromatic rings. The van der Waals surface area contributed by atoms with Crippen molar-refractivity contribution in [1.82, 2.24) is 0 Å². The fourth-order valence-electron chi connectivity index (χ4n) is 1.43. The van der Waals surface area contributed by atoms with Gasteiger partial charge in [-0.3, -0.25) is 0 Å². The third-order valence-corrected chi connectivity index (χ3v) is 3.51. The van der Waals surface area contributed by atoms with Crippen molar-refractivity contribution in [2.45, 2.75) is 25.2 Å². The monoisotopic (exact) mass is 271 g/mol. The molecule has 0 radical (unpaired) electrons. The first-order valence-corrected chi connectivity index (χ1v) is 6.99. The molecule has 2 amide bonds. The summed E-state index contributed by atoms with van der Waals surface area (Å²) in [5.74, 6) is -0.0674. The Balaban J connectivity index is 2.95. The van der Waals surface area contributed by atoms with E-state index in [1.165, 1.54) is 0 Å². The maximum atomic E-state index is 11.7. The minimum absolute atomic E-state index is 0.0674. The third kappa shape index (κ3) is 4.44. The fourth-order valence-corrected chi connectivity index (χ4v) is 2.47. The van der Waals surface area contributed by atoms with Crippen LogP contribution in [0.2, 0.25) is 0 Å². The maximum Gasteiger partial charge on any atom is 0.347 e. The van der Waals surface area contributed by atoms with Gasteiger partial charge in [0.2, 0.25) is 0 Å². The molecule has 100 valence electrons. The number of urea groups is 1. The second kappa shape index (κ2) is 5.05. The fraction of sp³-hybridized carbons (Fsp3) is 0.364. The summed E-state index contributed by atoms with van der Waals surface area (Å²) in [6.45, 7) is 3.33. The lowest BCUT2D eigenvalue weighted by atomic mass is 9.98. The van der Waals surface area contributed by atoms with Crippen LogP contribution in [0.1, 0.15) is 25.0 Å². The van der Waals surface area contributed by atoms with Crippen molar-refractivity contribution in [2.75, 3.05) is 0 Å². The van der Waals surface area contributed by atoms with Gasteiger partial charge in [0.1, 0.15) is 9.92 Å². The van der Waals surface area contributed by atoms with Gasteiger partial charge in [-0.15, -0.1) is 4.36 Å². The summed E-state index contributed by atoms with van der Waals surface area (Å²) in [6.07, 6.45) is 0. The normalized spacial score (nSPS) is 14.9. The van der Waals surface area contributed by atoms with Crippen molar-refractivity contribution in [3.63, 3.8) is 0 Å². The number of nitrogens with two attached hydrogens (primary N) is 2. The Morgan fingerprint density at radius 2 is 1.89 bits per heavy atom. The van der Waals surface area contributed by atoms with Crippen molar-refractivity contribution in [3.8, 4) is 0 Å². The van der Waals surface area contributed by atoms with E-state index >= 15 is 0 Å². The highest BCUT2D eigenvalue weighted by Crippen LogP contribution is 2.20. The van der Waals surface area contributed by atoms with Crippen LogP contribution in [0.5, 0.6) is 0 Å². The quantitative estimate of drug-likeness (QED) is 0.755. The Labute approximate surface area is 106 Å². The molecule has 0 aromatic heterocycles. The zero-order chi connectivity index (χ0) is 14.0. The summed E-state index contributed by atoms with van der Waals surface area (Å²) in [5, 5.41) is 15.2. The molecule has 0 aliphatic heterocycles. The van der Waals surface area contributed by atoms with Gasteiger partial charge in [0.25, 0.3) is 0 Å². The van der Waals surface area contributed by atoms with Gasteiger partial charge in [0, 0.05) is 0 Å². The lowest BCUT2D eigenvalue weighted by Gasteiger charge is -2.17. The van der Waals surface area contributed by atoms with E-state index < -0.39 is 21.5 Å². The van der Waals surface area contributed by atoms with E-state index in [1.54, 1.807) is 38.1 Å². The second-order valence-electron chi connectivity index (χ2n) is 4.52. The molecule has 1 aromatic carbocycles. The number of amides is 2. The Hall–Kier alpha value is -1.44. The molecule has 5 N–H and O–H groups in total. The van der Waals surface area contributed by atoms with Crippen LogP contribution in [0.4, 0.5) is 4.79 Å². The summed E-state index contributed by atoms with van der Waals surface area (Å²) < 4.78 is 14.9. The average Bonchev–Trinajstić information content (AvgIpc) is 2.13. The molecular weight excluding hydrogens is 254 g/mol. The zero-order valence-corrected chi connectivity index (χ0v) is 11.1. The lowest BCUT2D eigenvalue weighted by molar-refractivity contribution is 0.0786. The first-order valence-electron chi connectivity index (χ1n) is 5.24. The largest absolute Gasteiger partial charge is 0.386 e. The number of aliphatic hydroxyl groups is 1. The van der Waals surface area contributed by atoms with E-state index in [0.717, 1.165) is 5.56 Å². The summed E-state index contributed by atoms with van der Waals surface area (Å²) in [6, 6.07) is 5.72. The zero-order valence-electron chi connectivity index (χ0n) is 10.3. The van der Waals surface area contributed by atoms with Gasteiger partial charge in [-0.25, -0.2) is 14.1 Å². The molecule has 0 saturated heterocycles. The molecule has 0 heterocycles. The van der Waals surface area contributed by atoms with Gasteiger partial charge in [0.05, 0.1) is 11.4 Å². The number of rotatable bonds is 3. The second-order valence-corrected chi connectivity index (χ2v) is 6.37. The highest BCUT2D eigenvalue weighted by Gasteiger charge is 2.15. The molecule has 7 heteroatoms. The maximum absolute atomic E-state index is 11.7. The predicted octanol–water partition coefficient (Wildman–Crippen LogP) is 0.834. The lowest BCUT2D eigenvalue weighted by Crippen LogP contribution is -2.19. The van der Waals surface area contributed by atoms with Crippen molar-refractivity contribution < 1.29 is 14.1 Å². The number of carbonyl (C=O) groups is 1. The van der Waals surface area contributed by atoms with Gasteiger partial charge in [-0.05, 0) is 25.0 Å². The van der Waals surface area contributed by atoms with E-state index in [9.17, 15) is 14.1 Å². The number of nitrogens with zero attached hydrogens (tertiary/aromatic N) is 1. The van der Waals surface area contributed by atoms with Crippen LogP contribution in [0.25, 0.3) is 0 Å². The van der Waals surface area contributed by atoms with E-state index in [4.69, 9.17) is 10.9 Å². The molecular formula is C11H17N3O3S. The van der Waals surface area contributed by atoms with Gasteiger partial charge in [-0.1, -0.05) is 24.3 Å². The minimum atomic E-state index is -3.14. The van der Waals surface area contributed by atoms with Crippen LogP contribution in [0, 0.1) is 0 Å². The van der Waals surface area contributed by atoms with E-state index in [0.29, 0.717) is 5.56 Å². The number of benzene rings is 1. The average molecular weight is 271 g/mol. The van der Waals surface area contributed by atoms with E-state index in [-0.39, 0.29) is 5.75 Å². The Morgan fingerprint density at radius 1 is 1.39 bits per heavy atom. The summed E-state index contributed by atoms with van der Waals surface area (Å²) in [7, 11) is -3.14. The van der Waals surface area contributed by atoms with Gasteiger partial charge < -0.3 is 10.8 Å². The molecule has 18 heavy (non-hydrogen) atoms. The highest BCUT2D eigenvalue weighted by atomic mass is 32.2. The summed E-state index contributed by atoms with van der Waals surface area (Å²) in [5.41, 5.74) is 5.25. The molecule has 0 fully saturated rings. The first-order chi connectivity index (χ1) is 8.10. The molecule has 0 aliphatic carbocycles. The van der Waals surface area contributed by atoms with Crippen molar-refractivity contribution >= 4 is 15.9 Å². The number of hydrogen-bond acceptors (Lipinski definition) is 3. The van der Waals surface area contributed by atoms with E-state index in [1.807, 2.05) is 0 Å². The van der Waals surface area contributed by atoms with Gasteiger partial charge >= 0.3 is 6.03 Å². The number of carbonyl (C=O) groups excluding carboxylic acids is 1. The molecule has 0 saturated carbocycles. The minimum Gasteiger partial charge on any atom is -0.386 e. The van der Waals surface area contributed by atoms with Crippen LogP contribution < -0.4 is 10.9 Å². The predicted molar refractivity (Wildman–Crippen MR) is 69.7 cm³/mol. The topological polar surface area (TPSA) is 119 Å². The first kappa shape index (κ1) is 14.6. The Morgan fingerprint density at radius 3 is 2.28 bits per heavy atom. The SMILES string of the molecule is CC(C)(O)c1ccc(CS(N)(=O)=NC(N)=O)cc1. The van der Waals surface area contributed by atoms with Crippen molar-refractivity contribution in [2.24, 2.45) is 15.2 Å². The summed E-state index contributed by atoms with van der Waals surface area (Å²) in [4.78, 5) is 10.6. The smallest absolute Gasteiger partial charge is 0.347 e. The molecule has 0 bridgehead atoms. The molecule has 1 unspecified atom stereocenters. The van der Waals surface area contributed by atoms with E-state index in [2.05, 4.69) is 4.36 Å². The Bertz CT molecular complexity index is 552. The van der Waals surface area contributed by atoms with Crippen molar-refractivity contribution in [1.29, 1.82) is 0 Å².